The molecule has 1 heterocycles. The highest BCUT2D eigenvalue weighted by Gasteiger charge is 2.39. The van der Waals surface area contributed by atoms with Gasteiger partial charge in [0.05, 0.1) is 29.1 Å². The molecule has 0 aliphatic carbocycles. The minimum atomic E-state index is -4.67. The van der Waals surface area contributed by atoms with Gasteiger partial charge in [-0.3, -0.25) is 14.4 Å². The first kappa shape index (κ1) is 29.3. The molecular formula is C29H23ClF3N3O5. The molecule has 12 heteroatoms. The van der Waals surface area contributed by atoms with E-state index in [1.54, 1.807) is 0 Å². The molecule has 0 unspecified atom stereocenters. The smallest absolute Gasteiger partial charge is 0.418 e. The van der Waals surface area contributed by atoms with E-state index in [0.717, 1.165) is 29.9 Å². The second-order valence-corrected chi connectivity index (χ2v) is 9.25. The molecule has 0 saturated carbocycles. The number of benzene rings is 3. The minimum Gasteiger partial charge on any atom is -0.462 e. The average molecular weight is 586 g/mol. The summed E-state index contributed by atoms with van der Waals surface area (Å²) in [5.74, 6) is -2.95. The predicted octanol–water partition coefficient (Wildman–Crippen LogP) is 6.35. The Kier molecular flexibility index (Phi) is 8.77. The number of amides is 3. The number of imide groups is 1. The molecule has 3 aromatic rings. The van der Waals surface area contributed by atoms with E-state index in [1.165, 1.54) is 60.7 Å². The van der Waals surface area contributed by atoms with E-state index in [2.05, 4.69) is 10.6 Å². The molecule has 3 aromatic carbocycles. The number of esters is 1. The van der Waals surface area contributed by atoms with Crippen molar-refractivity contribution >= 4 is 52.4 Å². The van der Waals surface area contributed by atoms with Crippen LogP contribution in [0.15, 0.2) is 83.5 Å². The van der Waals surface area contributed by atoms with E-state index in [-0.39, 0.29) is 34.8 Å². The highest BCUT2D eigenvalue weighted by molar-refractivity contribution is 6.53. The SMILES string of the molecule is CCCCOC(=O)c1ccc(N2C(=O)C(Cl)=C(Nc3cccc(C(=O)Nc4ccccc4C(F)(F)F)c3)C2=O)cc1. The van der Waals surface area contributed by atoms with Gasteiger partial charge in [0.2, 0.25) is 0 Å². The Morgan fingerprint density at radius 3 is 2.32 bits per heavy atom. The Labute approximate surface area is 237 Å². The first-order chi connectivity index (χ1) is 19.5. The Hall–Kier alpha value is -4.64. The quantitative estimate of drug-likeness (QED) is 0.172. The fraction of sp³-hybridized carbons (Fsp3) is 0.172. The number of alkyl halides is 3. The summed E-state index contributed by atoms with van der Waals surface area (Å²) in [6.45, 7) is 2.24. The van der Waals surface area contributed by atoms with Crippen molar-refractivity contribution in [1.82, 2.24) is 0 Å². The minimum absolute atomic E-state index is 0.0151. The molecule has 0 radical (unpaired) electrons. The zero-order valence-corrected chi connectivity index (χ0v) is 22.3. The van der Waals surface area contributed by atoms with Gasteiger partial charge in [0, 0.05) is 11.3 Å². The molecule has 2 N–H and O–H groups in total. The molecule has 1 aliphatic rings. The fourth-order valence-corrected chi connectivity index (χ4v) is 4.11. The Morgan fingerprint density at radius 2 is 1.63 bits per heavy atom. The van der Waals surface area contributed by atoms with Gasteiger partial charge >= 0.3 is 12.1 Å². The van der Waals surface area contributed by atoms with Gasteiger partial charge in [0.1, 0.15) is 10.7 Å². The van der Waals surface area contributed by atoms with Gasteiger partial charge in [-0.15, -0.1) is 0 Å². The molecule has 8 nitrogen and oxygen atoms in total. The number of carbonyl (C=O) groups is 4. The summed E-state index contributed by atoms with van der Waals surface area (Å²) in [6, 6.07) is 15.8. The number of nitrogens with one attached hydrogen (secondary N) is 2. The lowest BCUT2D eigenvalue weighted by Gasteiger charge is -2.16. The fourth-order valence-electron chi connectivity index (χ4n) is 3.90. The number of ether oxygens (including phenoxy) is 1. The van der Waals surface area contributed by atoms with Crippen LogP contribution in [0.5, 0.6) is 0 Å². The average Bonchev–Trinajstić information content (AvgIpc) is 3.16. The van der Waals surface area contributed by atoms with Gasteiger partial charge in [-0.1, -0.05) is 43.1 Å². The van der Waals surface area contributed by atoms with Crippen molar-refractivity contribution in [3.8, 4) is 0 Å². The second kappa shape index (κ2) is 12.3. The largest absolute Gasteiger partial charge is 0.462 e. The number of para-hydroxylation sites is 1. The van der Waals surface area contributed by atoms with Crippen LogP contribution in [-0.2, 0) is 20.5 Å². The summed E-state index contributed by atoms with van der Waals surface area (Å²) in [4.78, 5) is 51.7. The highest BCUT2D eigenvalue weighted by Crippen LogP contribution is 2.35. The topological polar surface area (TPSA) is 105 Å². The molecule has 3 amide bonds. The van der Waals surface area contributed by atoms with Gasteiger partial charge < -0.3 is 15.4 Å². The van der Waals surface area contributed by atoms with Crippen molar-refractivity contribution in [3.05, 3.63) is 100 Å². The van der Waals surface area contributed by atoms with Crippen molar-refractivity contribution in [2.45, 2.75) is 25.9 Å². The summed E-state index contributed by atoms with van der Waals surface area (Å²) in [5.41, 5.74) is -1.11. The van der Waals surface area contributed by atoms with E-state index in [1.807, 2.05) is 6.92 Å². The number of anilines is 3. The maximum Gasteiger partial charge on any atom is 0.418 e. The number of carbonyl (C=O) groups excluding carboxylic acids is 4. The normalized spacial score (nSPS) is 13.4. The van der Waals surface area contributed by atoms with Crippen molar-refractivity contribution < 1.29 is 37.1 Å². The van der Waals surface area contributed by atoms with E-state index < -0.39 is 46.2 Å². The van der Waals surface area contributed by atoms with Crippen LogP contribution in [0.3, 0.4) is 0 Å². The molecule has 1 aliphatic heterocycles. The molecule has 0 bridgehead atoms. The highest BCUT2D eigenvalue weighted by atomic mass is 35.5. The summed E-state index contributed by atoms with van der Waals surface area (Å²) in [7, 11) is 0. The lowest BCUT2D eigenvalue weighted by atomic mass is 10.1. The zero-order chi connectivity index (χ0) is 29.7. The van der Waals surface area contributed by atoms with Gasteiger partial charge in [0.25, 0.3) is 17.7 Å². The lowest BCUT2D eigenvalue weighted by molar-refractivity contribution is -0.137. The molecule has 4 rings (SSSR count). The number of rotatable bonds is 9. The summed E-state index contributed by atoms with van der Waals surface area (Å²) in [6.07, 6.45) is -3.08. The van der Waals surface area contributed by atoms with Gasteiger partial charge in [-0.05, 0) is 61.0 Å². The van der Waals surface area contributed by atoms with Crippen molar-refractivity contribution in [3.63, 3.8) is 0 Å². The maximum atomic E-state index is 13.3. The molecule has 0 saturated heterocycles. The number of nitrogens with zero attached hydrogens (tertiary/aromatic N) is 1. The van der Waals surface area contributed by atoms with Gasteiger partial charge in [-0.25, -0.2) is 9.69 Å². The molecular weight excluding hydrogens is 563 g/mol. The standard InChI is InChI=1S/C29H23ClF3N3O5/c1-2-3-15-41-28(40)17-11-13-20(14-12-17)36-26(38)23(30)24(27(36)39)34-19-8-6-7-18(16-19)25(37)35-22-10-5-4-9-21(22)29(31,32)33/h4-14,16,34H,2-3,15H2,1H3,(H,35,37). The van der Waals surface area contributed by atoms with Crippen LogP contribution in [-0.4, -0.2) is 30.3 Å². The van der Waals surface area contributed by atoms with Crippen LogP contribution in [0.2, 0.25) is 0 Å². The van der Waals surface area contributed by atoms with Crippen LogP contribution in [0.4, 0.5) is 30.2 Å². The van der Waals surface area contributed by atoms with Crippen molar-refractivity contribution in [2.24, 2.45) is 0 Å². The molecule has 0 atom stereocenters. The molecule has 0 fully saturated rings. The summed E-state index contributed by atoms with van der Waals surface area (Å²) in [5, 5.41) is 4.56. The first-order valence-electron chi connectivity index (χ1n) is 12.4. The number of halogens is 4. The molecule has 0 spiro atoms. The van der Waals surface area contributed by atoms with Crippen molar-refractivity contribution in [1.29, 1.82) is 0 Å². The second-order valence-electron chi connectivity index (χ2n) is 8.87. The van der Waals surface area contributed by atoms with Gasteiger partial charge in [0.15, 0.2) is 0 Å². The maximum absolute atomic E-state index is 13.3. The Bertz CT molecular complexity index is 1540. The van der Waals surface area contributed by atoms with Crippen LogP contribution >= 0.6 is 11.6 Å². The number of unbranched alkanes of at least 4 members (excludes halogenated alkanes) is 1. The Balaban J connectivity index is 1.48. The van der Waals surface area contributed by atoms with E-state index in [9.17, 15) is 32.3 Å². The van der Waals surface area contributed by atoms with E-state index in [0.29, 0.717) is 0 Å². The van der Waals surface area contributed by atoms with Crippen molar-refractivity contribution in [2.75, 3.05) is 22.1 Å². The van der Waals surface area contributed by atoms with E-state index in [4.69, 9.17) is 16.3 Å². The monoisotopic (exact) mass is 585 g/mol. The zero-order valence-electron chi connectivity index (χ0n) is 21.5. The van der Waals surface area contributed by atoms with Crippen LogP contribution in [0, 0.1) is 0 Å². The van der Waals surface area contributed by atoms with E-state index >= 15 is 0 Å². The first-order valence-corrected chi connectivity index (χ1v) is 12.8. The number of hydrogen-bond donors (Lipinski definition) is 2. The molecule has 41 heavy (non-hydrogen) atoms. The molecule has 212 valence electrons. The summed E-state index contributed by atoms with van der Waals surface area (Å²) < 4.78 is 45.1. The predicted molar refractivity (Wildman–Crippen MR) is 146 cm³/mol. The van der Waals surface area contributed by atoms with Crippen LogP contribution in [0.25, 0.3) is 0 Å². The van der Waals surface area contributed by atoms with Gasteiger partial charge in [-0.2, -0.15) is 13.2 Å². The lowest BCUT2D eigenvalue weighted by Crippen LogP contribution is -2.32. The third-order valence-corrected chi connectivity index (χ3v) is 6.34. The third-order valence-electron chi connectivity index (χ3n) is 5.99. The number of hydrogen-bond acceptors (Lipinski definition) is 6. The third kappa shape index (κ3) is 6.58. The van der Waals surface area contributed by atoms with Crippen LogP contribution in [0.1, 0.15) is 46.0 Å². The summed E-state index contributed by atoms with van der Waals surface area (Å²) >= 11 is 6.19. The van der Waals surface area contributed by atoms with Crippen LogP contribution < -0.4 is 15.5 Å². The Morgan fingerprint density at radius 1 is 0.927 bits per heavy atom. The molecule has 0 aromatic heterocycles.